The van der Waals surface area contributed by atoms with Gasteiger partial charge < -0.3 is 5.32 Å². The molecule has 1 aliphatic heterocycles. The third-order valence-corrected chi connectivity index (χ3v) is 2.29. The molecule has 3 nitrogen and oxygen atoms in total. The van der Waals surface area contributed by atoms with Crippen molar-refractivity contribution in [2.24, 2.45) is 0 Å². The standard InChI is InChI=1S/C9H13N3/c1-4-11-9(12-5-1)8-2-6-10-7-3-8/h1,4-5,8,10H,2-3,6-7H2. The van der Waals surface area contributed by atoms with E-state index in [-0.39, 0.29) is 0 Å². The predicted octanol–water partition coefficient (Wildman–Crippen LogP) is 0.944. The van der Waals surface area contributed by atoms with E-state index in [0.717, 1.165) is 18.9 Å². The molecule has 0 aliphatic carbocycles. The maximum atomic E-state index is 4.26. The van der Waals surface area contributed by atoms with Crippen molar-refractivity contribution in [1.82, 2.24) is 15.3 Å². The van der Waals surface area contributed by atoms with Gasteiger partial charge in [0.25, 0.3) is 0 Å². The summed E-state index contributed by atoms with van der Waals surface area (Å²) < 4.78 is 0. The van der Waals surface area contributed by atoms with E-state index in [9.17, 15) is 0 Å². The lowest BCUT2D eigenvalue weighted by Crippen LogP contribution is -2.27. The van der Waals surface area contributed by atoms with E-state index in [1.54, 1.807) is 0 Å². The van der Waals surface area contributed by atoms with Crippen LogP contribution in [-0.4, -0.2) is 23.1 Å². The second-order valence-corrected chi connectivity index (χ2v) is 3.13. The second kappa shape index (κ2) is 3.63. The first-order valence-corrected chi connectivity index (χ1v) is 4.44. The molecule has 2 heterocycles. The second-order valence-electron chi connectivity index (χ2n) is 3.13. The van der Waals surface area contributed by atoms with Crippen molar-refractivity contribution in [1.29, 1.82) is 0 Å². The van der Waals surface area contributed by atoms with Crippen LogP contribution in [-0.2, 0) is 0 Å². The van der Waals surface area contributed by atoms with Crippen molar-refractivity contribution >= 4 is 0 Å². The summed E-state index contributed by atoms with van der Waals surface area (Å²) in [6, 6.07) is 1.87. The van der Waals surface area contributed by atoms with Crippen molar-refractivity contribution < 1.29 is 0 Å². The molecule has 0 unspecified atom stereocenters. The number of piperidine rings is 1. The van der Waals surface area contributed by atoms with Gasteiger partial charge >= 0.3 is 0 Å². The summed E-state index contributed by atoms with van der Waals surface area (Å²) >= 11 is 0. The zero-order valence-corrected chi connectivity index (χ0v) is 7.03. The Kier molecular flexibility index (Phi) is 2.32. The summed E-state index contributed by atoms with van der Waals surface area (Å²) in [7, 11) is 0. The molecule has 1 saturated heterocycles. The highest BCUT2D eigenvalue weighted by Crippen LogP contribution is 2.20. The monoisotopic (exact) mass is 163 g/mol. The van der Waals surface area contributed by atoms with E-state index >= 15 is 0 Å². The van der Waals surface area contributed by atoms with Crippen LogP contribution in [0.2, 0.25) is 0 Å². The number of nitrogens with one attached hydrogen (secondary N) is 1. The summed E-state index contributed by atoms with van der Waals surface area (Å²) in [5.74, 6) is 1.59. The minimum absolute atomic E-state index is 0.576. The Labute approximate surface area is 72.2 Å². The summed E-state index contributed by atoms with van der Waals surface area (Å²) in [4.78, 5) is 8.53. The largest absolute Gasteiger partial charge is 0.317 e. The third kappa shape index (κ3) is 1.61. The molecule has 1 aliphatic rings. The van der Waals surface area contributed by atoms with Gasteiger partial charge in [0, 0.05) is 18.3 Å². The number of rotatable bonds is 1. The normalized spacial score (nSPS) is 19.3. The molecule has 1 N–H and O–H groups in total. The first-order chi connectivity index (χ1) is 5.97. The first kappa shape index (κ1) is 7.68. The van der Waals surface area contributed by atoms with Crippen LogP contribution in [0.4, 0.5) is 0 Å². The summed E-state index contributed by atoms with van der Waals surface area (Å²) in [6.07, 6.45) is 5.99. The predicted molar refractivity (Wildman–Crippen MR) is 46.9 cm³/mol. The van der Waals surface area contributed by atoms with Crippen LogP contribution in [0.3, 0.4) is 0 Å². The van der Waals surface area contributed by atoms with Gasteiger partial charge in [0.05, 0.1) is 0 Å². The topological polar surface area (TPSA) is 37.8 Å². The van der Waals surface area contributed by atoms with E-state index in [0.29, 0.717) is 5.92 Å². The Bertz CT molecular complexity index is 229. The highest BCUT2D eigenvalue weighted by Gasteiger charge is 2.16. The third-order valence-electron chi connectivity index (χ3n) is 2.29. The van der Waals surface area contributed by atoms with Crippen molar-refractivity contribution in [3.05, 3.63) is 24.3 Å². The lowest BCUT2D eigenvalue weighted by molar-refractivity contribution is 0.445. The van der Waals surface area contributed by atoms with Gasteiger partial charge in [-0.05, 0) is 32.0 Å². The molecule has 0 aromatic carbocycles. The molecule has 1 fully saturated rings. The number of aromatic nitrogens is 2. The van der Waals surface area contributed by atoms with Gasteiger partial charge in [0.15, 0.2) is 0 Å². The van der Waals surface area contributed by atoms with Gasteiger partial charge in [0.2, 0.25) is 0 Å². The van der Waals surface area contributed by atoms with Crippen LogP contribution < -0.4 is 5.32 Å². The molecule has 0 atom stereocenters. The van der Waals surface area contributed by atoms with Crippen molar-refractivity contribution in [3.63, 3.8) is 0 Å². The average molecular weight is 163 g/mol. The molecule has 2 rings (SSSR count). The minimum Gasteiger partial charge on any atom is -0.317 e. The first-order valence-electron chi connectivity index (χ1n) is 4.44. The molecule has 0 radical (unpaired) electrons. The molecule has 0 amide bonds. The molecule has 12 heavy (non-hydrogen) atoms. The quantitative estimate of drug-likeness (QED) is 0.669. The lowest BCUT2D eigenvalue weighted by Gasteiger charge is -2.20. The Balaban J connectivity index is 2.08. The molecule has 0 spiro atoms. The van der Waals surface area contributed by atoms with Gasteiger partial charge in [-0.15, -0.1) is 0 Å². The van der Waals surface area contributed by atoms with Crippen LogP contribution >= 0.6 is 0 Å². The van der Waals surface area contributed by atoms with Crippen LogP contribution in [0.1, 0.15) is 24.6 Å². The van der Waals surface area contributed by atoms with Crippen LogP contribution in [0.5, 0.6) is 0 Å². The number of hydrogen-bond acceptors (Lipinski definition) is 3. The maximum Gasteiger partial charge on any atom is 0.131 e. The van der Waals surface area contributed by atoms with E-state index in [1.165, 1.54) is 12.8 Å². The van der Waals surface area contributed by atoms with Crippen molar-refractivity contribution in [3.8, 4) is 0 Å². The van der Waals surface area contributed by atoms with Gasteiger partial charge in [-0.2, -0.15) is 0 Å². The molecule has 1 aromatic rings. The van der Waals surface area contributed by atoms with Crippen LogP contribution in [0, 0.1) is 0 Å². The molecule has 64 valence electrons. The molecular formula is C9H13N3. The fraction of sp³-hybridized carbons (Fsp3) is 0.556. The van der Waals surface area contributed by atoms with E-state index in [2.05, 4.69) is 15.3 Å². The highest BCUT2D eigenvalue weighted by molar-refractivity contribution is 4.98. The van der Waals surface area contributed by atoms with Crippen LogP contribution in [0.25, 0.3) is 0 Å². The van der Waals surface area contributed by atoms with Crippen molar-refractivity contribution in [2.75, 3.05) is 13.1 Å². The molecule has 0 saturated carbocycles. The average Bonchev–Trinajstić information content (AvgIpc) is 2.21. The SMILES string of the molecule is c1cnc(C2CCNCC2)nc1. The molecule has 3 heteroatoms. The summed E-state index contributed by atoms with van der Waals surface area (Å²) in [5.41, 5.74) is 0. The molecule has 1 aromatic heterocycles. The fourth-order valence-electron chi connectivity index (χ4n) is 1.60. The zero-order valence-electron chi connectivity index (χ0n) is 7.03. The smallest absolute Gasteiger partial charge is 0.131 e. The zero-order chi connectivity index (χ0) is 8.23. The summed E-state index contributed by atoms with van der Waals surface area (Å²) in [6.45, 7) is 2.20. The number of nitrogens with zero attached hydrogens (tertiary/aromatic N) is 2. The molecule has 0 bridgehead atoms. The van der Waals surface area contributed by atoms with Gasteiger partial charge in [0.1, 0.15) is 5.82 Å². The van der Waals surface area contributed by atoms with E-state index in [4.69, 9.17) is 0 Å². The maximum absolute atomic E-state index is 4.26. The minimum atomic E-state index is 0.576. The van der Waals surface area contributed by atoms with E-state index < -0.39 is 0 Å². The number of hydrogen-bond donors (Lipinski definition) is 1. The highest BCUT2D eigenvalue weighted by atomic mass is 14.9. The fourth-order valence-corrected chi connectivity index (χ4v) is 1.60. The van der Waals surface area contributed by atoms with Crippen LogP contribution in [0.15, 0.2) is 18.5 Å². The van der Waals surface area contributed by atoms with Crippen molar-refractivity contribution in [2.45, 2.75) is 18.8 Å². The Morgan fingerprint density at radius 1 is 1.17 bits per heavy atom. The Morgan fingerprint density at radius 2 is 1.83 bits per heavy atom. The lowest BCUT2D eigenvalue weighted by atomic mass is 9.97. The summed E-state index contributed by atoms with van der Waals surface area (Å²) in [5, 5.41) is 3.33. The van der Waals surface area contributed by atoms with Gasteiger partial charge in [-0.3, -0.25) is 0 Å². The van der Waals surface area contributed by atoms with E-state index in [1.807, 2.05) is 18.5 Å². The Morgan fingerprint density at radius 3 is 2.50 bits per heavy atom. The molecular weight excluding hydrogens is 150 g/mol. The van der Waals surface area contributed by atoms with Gasteiger partial charge in [-0.1, -0.05) is 0 Å². The van der Waals surface area contributed by atoms with Gasteiger partial charge in [-0.25, -0.2) is 9.97 Å². The Hall–Kier alpha value is -0.960.